The van der Waals surface area contributed by atoms with Crippen LogP contribution in [-0.4, -0.2) is 15.2 Å². The number of aromatic nitrogens is 2. The molecule has 0 bridgehead atoms. The summed E-state index contributed by atoms with van der Waals surface area (Å²) in [5.41, 5.74) is 0. The molecule has 0 saturated carbocycles. The topological polar surface area (TPSA) is 25.8 Å². The van der Waals surface area contributed by atoms with Crippen molar-refractivity contribution in [1.29, 1.82) is 0 Å². The van der Waals surface area contributed by atoms with Crippen molar-refractivity contribution in [1.82, 2.24) is 9.97 Å². The summed E-state index contributed by atoms with van der Waals surface area (Å²) in [7, 11) is 0. The first-order valence-corrected chi connectivity index (χ1v) is 5.11. The summed E-state index contributed by atoms with van der Waals surface area (Å²) in [5, 5.41) is 1.14. The predicted octanol–water partition coefficient (Wildman–Crippen LogP) is 2.75. The Morgan fingerprint density at radius 2 is 2.00 bits per heavy atom. The molecule has 0 aliphatic heterocycles. The van der Waals surface area contributed by atoms with E-state index in [0.29, 0.717) is 16.2 Å². The second-order valence-electron chi connectivity index (χ2n) is 3.25. The Kier molecular flexibility index (Phi) is 3.66. The third kappa shape index (κ3) is 3.30. The molecule has 0 spiro atoms. The lowest BCUT2D eigenvalue weighted by atomic mass is 10.2. The largest absolute Gasteiger partial charge is 0.230 e. The fourth-order valence-electron chi connectivity index (χ4n) is 0.708. The highest BCUT2D eigenvalue weighted by atomic mass is 32.2. The fourth-order valence-corrected chi connectivity index (χ4v) is 1.63. The van der Waals surface area contributed by atoms with Crippen LogP contribution in [0.2, 0.25) is 0 Å². The second-order valence-corrected chi connectivity index (χ2v) is 4.64. The minimum atomic E-state index is -0.464. The zero-order valence-corrected chi connectivity index (χ0v) is 8.81. The van der Waals surface area contributed by atoms with Crippen LogP contribution in [0.15, 0.2) is 17.4 Å². The summed E-state index contributed by atoms with van der Waals surface area (Å²) in [6.45, 7) is 6.37. The molecule has 0 aromatic carbocycles. The van der Waals surface area contributed by atoms with Gasteiger partial charge < -0.3 is 0 Å². The molecule has 0 aliphatic rings. The molecule has 0 N–H and O–H groups in total. The van der Waals surface area contributed by atoms with E-state index in [1.54, 1.807) is 11.8 Å². The fraction of sp³-hybridized carbons (Fsp3) is 0.556. The first-order valence-electron chi connectivity index (χ1n) is 4.24. The van der Waals surface area contributed by atoms with Gasteiger partial charge in [-0.2, -0.15) is 4.39 Å². The van der Waals surface area contributed by atoms with Crippen LogP contribution < -0.4 is 0 Å². The summed E-state index contributed by atoms with van der Waals surface area (Å²) in [4.78, 5) is 7.37. The van der Waals surface area contributed by atoms with Gasteiger partial charge in [-0.3, -0.25) is 0 Å². The number of hydrogen-bond acceptors (Lipinski definition) is 3. The summed E-state index contributed by atoms with van der Waals surface area (Å²) in [6.07, 6.45) is 1.25. The Morgan fingerprint density at radius 1 is 1.31 bits per heavy atom. The van der Waals surface area contributed by atoms with Crippen molar-refractivity contribution in [2.24, 2.45) is 5.92 Å². The molecule has 0 amide bonds. The maximum Gasteiger partial charge on any atom is 0.217 e. The van der Waals surface area contributed by atoms with E-state index in [-0.39, 0.29) is 0 Å². The summed E-state index contributed by atoms with van der Waals surface area (Å²) in [5.74, 6) is 0.0940. The SMILES string of the molecule is CC(C)C(C)Sc1cc(F)ncn1. The summed E-state index contributed by atoms with van der Waals surface area (Å²) < 4.78 is 12.7. The van der Waals surface area contributed by atoms with Gasteiger partial charge in [-0.05, 0) is 5.92 Å². The molecular formula is C9H13FN2S. The van der Waals surface area contributed by atoms with Gasteiger partial charge in [-0.25, -0.2) is 9.97 Å². The van der Waals surface area contributed by atoms with Crippen LogP contribution in [-0.2, 0) is 0 Å². The first-order chi connectivity index (χ1) is 6.09. The second kappa shape index (κ2) is 4.56. The molecule has 1 atom stereocenters. The maximum atomic E-state index is 12.7. The van der Waals surface area contributed by atoms with Gasteiger partial charge in [0.1, 0.15) is 11.4 Å². The molecule has 0 saturated heterocycles. The van der Waals surface area contributed by atoms with Crippen molar-refractivity contribution in [2.75, 3.05) is 0 Å². The van der Waals surface area contributed by atoms with E-state index >= 15 is 0 Å². The zero-order chi connectivity index (χ0) is 9.84. The Hall–Kier alpha value is -0.640. The van der Waals surface area contributed by atoms with Crippen LogP contribution in [0.5, 0.6) is 0 Å². The molecular weight excluding hydrogens is 187 g/mol. The minimum absolute atomic E-state index is 0.439. The highest BCUT2D eigenvalue weighted by molar-refractivity contribution is 7.99. The molecule has 0 radical (unpaired) electrons. The third-order valence-corrected chi connectivity index (χ3v) is 3.23. The summed E-state index contributed by atoms with van der Waals surface area (Å²) in [6, 6.07) is 1.36. The molecule has 1 rings (SSSR count). The van der Waals surface area contributed by atoms with E-state index in [9.17, 15) is 4.39 Å². The molecule has 1 aromatic heterocycles. The third-order valence-electron chi connectivity index (χ3n) is 1.85. The molecule has 4 heteroatoms. The Morgan fingerprint density at radius 3 is 2.54 bits per heavy atom. The van der Waals surface area contributed by atoms with Gasteiger partial charge in [0, 0.05) is 11.3 Å². The van der Waals surface area contributed by atoms with Gasteiger partial charge in [-0.15, -0.1) is 11.8 Å². The van der Waals surface area contributed by atoms with E-state index < -0.39 is 5.95 Å². The Labute approximate surface area is 82.0 Å². The van der Waals surface area contributed by atoms with Gasteiger partial charge in [0.15, 0.2) is 0 Å². The van der Waals surface area contributed by atoms with Crippen molar-refractivity contribution in [3.63, 3.8) is 0 Å². The van der Waals surface area contributed by atoms with Gasteiger partial charge in [0.2, 0.25) is 5.95 Å². The van der Waals surface area contributed by atoms with Crippen molar-refractivity contribution in [3.8, 4) is 0 Å². The van der Waals surface area contributed by atoms with E-state index in [1.165, 1.54) is 12.4 Å². The normalized spacial score (nSPS) is 13.3. The molecule has 1 aromatic rings. The van der Waals surface area contributed by atoms with Crippen LogP contribution in [0, 0.1) is 11.9 Å². The van der Waals surface area contributed by atoms with E-state index in [4.69, 9.17) is 0 Å². The highest BCUT2D eigenvalue weighted by Gasteiger charge is 2.09. The molecule has 72 valence electrons. The van der Waals surface area contributed by atoms with Gasteiger partial charge in [0.05, 0.1) is 0 Å². The average molecular weight is 200 g/mol. The lowest BCUT2D eigenvalue weighted by Crippen LogP contribution is -2.05. The minimum Gasteiger partial charge on any atom is -0.230 e. The standard InChI is InChI=1S/C9H13FN2S/c1-6(2)7(3)13-9-4-8(10)11-5-12-9/h4-7H,1-3H3. The number of nitrogens with zero attached hydrogens (tertiary/aromatic N) is 2. The lowest BCUT2D eigenvalue weighted by Gasteiger charge is -2.13. The Bertz CT molecular complexity index is 278. The summed E-state index contributed by atoms with van der Waals surface area (Å²) >= 11 is 1.57. The van der Waals surface area contributed by atoms with Crippen LogP contribution in [0.1, 0.15) is 20.8 Å². The smallest absolute Gasteiger partial charge is 0.217 e. The zero-order valence-electron chi connectivity index (χ0n) is 7.99. The van der Waals surface area contributed by atoms with Gasteiger partial charge in [0.25, 0.3) is 0 Å². The quantitative estimate of drug-likeness (QED) is 0.554. The van der Waals surface area contributed by atoms with E-state index in [0.717, 1.165) is 0 Å². The van der Waals surface area contributed by atoms with Crippen molar-refractivity contribution < 1.29 is 4.39 Å². The molecule has 13 heavy (non-hydrogen) atoms. The monoisotopic (exact) mass is 200 g/mol. The van der Waals surface area contributed by atoms with Crippen LogP contribution in [0.25, 0.3) is 0 Å². The molecule has 2 nitrogen and oxygen atoms in total. The van der Waals surface area contributed by atoms with Crippen LogP contribution in [0.4, 0.5) is 4.39 Å². The van der Waals surface area contributed by atoms with Crippen molar-refractivity contribution >= 4 is 11.8 Å². The van der Waals surface area contributed by atoms with Crippen LogP contribution >= 0.6 is 11.8 Å². The van der Waals surface area contributed by atoms with Crippen molar-refractivity contribution in [2.45, 2.75) is 31.0 Å². The average Bonchev–Trinajstić information content (AvgIpc) is 2.04. The van der Waals surface area contributed by atoms with Gasteiger partial charge >= 0.3 is 0 Å². The number of hydrogen-bond donors (Lipinski definition) is 0. The molecule has 0 fully saturated rings. The maximum absolute atomic E-state index is 12.7. The predicted molar refractivity (Wildman–Crippen MR) is 52.1 cm³/mol. The van der Waals surface area contributed by atoms with Gasteiger partial charge in [-0.1, -0.05) is 20.8 Å². The number of halogens is 1. The highest BCUT2D eigenvalue weighted by Crippen LogP contribution is 2.25. The van der Waals surface area contributed by atoms with Crippen molar-refractivity contribution in [3.05, 3.63) is 18.3 Å². The lowest BCUT2D eigenvalue weighted by molar-refractivity contribution is 0.571. The Balaban J connectivity index is 2.64. The van der Waals surface area contributed by atoms with Crippen LogP contribution in [0.3, 0.4) is 0 Å². The van der Waals surface area contributed by atoms with E-state index in [2.05, 4.69) is 30.7 Å². The first kappa shape index (κ1) is 10.4. The molecule has 0 aliphatic carbocycles. The number of thioether (sulfide) groups is 1. The number of rotatable bonds is 3. The molecule has 1 unspecified atom stereocenters. The van der Waals surface area contributed by atoms with E-state index in [1.807, 2.05) is 0 Å². The molecule has 1 heterocycles.